The summed E-state index contributed by atoms with van der Waals surface area (Å²) >= 11 is 0. The van der Waals surface area contributed by atoms with Gasteiger partial charge < -0.3 is 9.84 Å². The van der Waals surface area contributed by atoms with Gasteiger partial charge in [-0.2, -0.15) is 0 Å². The number of hydrogen-bond donors (Lipinski definition) is 1. The molecule has 3 heteroatoms. The molecule has 0 aromatic rings. The number of aliphatic carboxylic acids is 1. The molecule has 3 nitrogen and oxygen atoms in total. The number of hydrogen-bond acceptors (Lipinski definition) is 2. The highest BCUT2D eigenvalue weighted by Crippen LogP contribution is 2.31. The fourth-order valence-corrected chi connectivity index (χ4v) is 2.77. The van der Waals surface area contributed by atoms with Crippen LogP contribution < -0.4 is 0 Å². The molecule has 2 unspecified atom stereocenters. The maximum Gasteiger partial charge on any atom is 0.303 e. The van der Waals surface area contributed by atoms with Crippen LogP contribution in [0.15, 0.2) is 0 Å². The average Bonchev–Trinajstić information content (AvgIpc) is 3.20. The van der Waals surface area contributed by atoms with Crippen LogP contribution in [-0.2, 0) is 9.53 Å². The van der Waals surface area contributed by atoms with E-state index in [9.17, 15) is 4.79 Å². The number of carboxylic acid groups (broad SMARTS) is 1. The lowest BCUT2D eigenvalue weighted by molar-refractivity contribution is -0.137. The van der Waals surface area contributed by atoms with Crippen molar-refractivity contribution in [1.29, 1.82) is 0 Å². The minimum Gasteiger partial charge on any atom is -0.481 e. The second-order valence-corrected chi connectivity index (χ2v) is 6.07. The van der Waals surface area contributed by atoms with Crippen molar-refractivity contribution in [2.24, 2.45) is 0 Å². The predicted molar refractivity (Wildman–Crippen MR) is 85.2 cm³/mol. The fraction of sp³-hybridized carbons (Fsp3) is 0.833. The minimum atomic E-state index is -0.677. The number of ether oxygens (including phenoxy) is 1. The molecular formula is C18H30O3. The average molecular weight is 294 g/mol. The van der Waals surface area contributed by atoms with Crippen molar-refractivity contribution in [2.75, 3.05) is 0 Å². The highest BCUT2D eigenvalue weighted by atomic mass is 16.6. The Hall–Kier alpha value is -1.01. The summed E-state index contributed by atoms with van der Waals surface area (Å²) in [5.74, 6) is 2.00. The zero-order valence-corrected chi connectivity index (χ0v) is 13.2. The summed E-state index contributed by atoms with van der Waals surface area (Å²) in [6, 6.07) is 0. The van der Waals surface area contributed by atoms with Crippen LogP contribution in [0.4, 0.5) is 0 Å². The van der Waals surface area contributed by atoms with Crippen molar-refractivity contribution in [3.63, 3.8) is 0 Å². The Morgan fingerprint density at radius 3 is 2.00 bits per heavy atom. The first kappa shape index (κ1) is 18.0. The molecule has 0 aromatic carbocycles. The summed E-state index contributed by atoms with van der Waals surface area (Å²) in [4.78, 5) is 10.4. The first-order valence-electron chi connectivity index (χ1n) is 8.54. The van der Waals surface area contributed by atoms with Gasteiger partial charge in [-0.1, -0.05) is 44.9 Å². The van der Waals surface area contributed by atoms with Crippen LogP contribution in [0.2, 0.25) is 0 Å². The largest absolute Gasteiger partial charge is 0.481 e. The SMILES string of the molecule is C#CCCCCCCC1OC1CCCCCCCC(=O)O. The zero-order chi connectivity index (χ0) is 15.3. The third-order valence-electron chi connectivity index (χ3n) is 4.13. The second kappa shape index (κ2) is 11.6. The van der Waals surface area contributed by atoms with Gasteiger partial charge in [-0.3, -0.25) is 4.79 Å². The molecule has 120 valence electrons. The Balaban J connectivity index is 1.78. The van der Waals surface area contributed by atoms with Gasteiger partial charge in [0.1, 0.15) is 0 Å². The molecule has 1 fully saturated rings. The van der Waals surface area contributed by atoms with Gasteiger partial charge >= 0.3 is 5.97 Å². The molecule has 0 spiro atoms. The monoisotopic (exact) mass is 294 g/mol. The molecule has 1 aliphatic heterocycles. The molecule has 1 aliphatic rings. The highest BCUT2D eigenvalue weighted by molar-refractivity contribution is 5.66. The van der Waals surface area contributed by atoms with Crippen LogP contribution in [0.1, 0.15) is 83.5 Å². The Kier molecular flexibility index (Phi) is 9.99. The van der Waals surface area contributed by atoms with Crippen LogP contribution in [0.5, 0.6) is 0 Å². The van der Waals surface area contributed by atoms with Gasteiger partial charge in [0, 0.05) is 12.8 Å². The lowest BCUT2D eigenvalue weighted by atomic mass is 10.0. The van der Waals surface area contributed by atoms with Gasteiger partial charge in [-0.15, -0.1) is 12.3 Å². The molecule has 1 rings (SSSR count). The number of carbonyl (C=O) groups is 1. The van der Waals surface area contributed by atoms with Crippen molar-refractivity contribution in [3.05, 3.63) is 0 Å². The standard InChI is InChI=1S/C18H30O3/c1-2-3-4-5-7-10-13-16-17(21-16)14-11-8-6-9-12-15-18(19)20/h1,16-17H,3-15H2,(H,19,20). The van der Waals surface area contributed by atoms with E-state index in [-0.39, 0.29) is 0 Å². The lowest BCUT2D eigenvalue weighted by Crippen LogP contribution is -1.95. The van der Waals surface area contributed by atoms with Gasteiger partial charge in [0.25, 0.3) is 0 Å². The Labute approximate surface area is 129 Å². The van der Waals surface area contributed by atoms with E-state index in [1.807, 2.05) is 0 Å². The van der Waals surface area contributed by atoms with Gasteiger partial charge in [-0.25, -0.2) is 0 Å². The normalized spacial score (nSPS) is 20.1. The molecule has 0 amide bonds. The first-order valence-corrected chi connectivity index (χ1v) is 8.54. The van der Waals surface area contributed by atoms with Crippen molar-refractivity contribution < 1.29 is 14.6 Å². The number of epoxide rings is 1. The fourth-order valence-electron chi connectivity index (χ4n) is 2.77. The van der Waals surface area contributed by atoms with E-state index in [2.05, 4.69) is 5.92 Å². The molecular weight excluding hydrogens is 264 g/mol. The quantitative estimate of drug-likeness (QED) is 0.290. The maximum absolute atomic E-state index is 10.4. The number of terminal acetylenes is 1. The summed E-state index contributed by atoms with van der Waals surface area (Å²) in [5.41, 5.74) is 0. The van der Waals surface area contributed by atoms with E-state index < -0.39 is 5.97 Å². The van der Waals surface area contributed by atoms with Crippen LogP contribution in [0.25, 0.3) is 0 Å². The molecule has 1 N–H and O–H groups in total. The van der Waals surface area contributed by atoms with E-state index in [0.29, 0.717) is 18.6 Å². The van der Waals surface area contributed by atoms with E-state index in [1.54, 1.807) is 0 Å². The van der Waals surface area contributed by atoms with E-state index in [1.165, 1.54) is 44.9 Å². The number of rotatable bonds is 14. The third-order valence-corrected chi connectivity index (χ3v) is 4.13. The molecule has 0 aromatic heterocycles. The predicted octanol–water partition coefficient (Wildman–Crippen LogP) is 4.54. The van der Waals surface area contributed by atoms with Crippen molar-refractivity contribution >= 4 is 5.97 Å². The maximum atomic E-state index is 10.4. The molecule has 0 aliphatic carbocycles. The van der Waals surface area contributed by atoms with Crippen molar-refractivity contribution in [3.8, 4) is 12.3 Å². The van der Waals surface area contributed by atoms with Crippen molar-refractivity contribution in [2.45, 2.75) is 95.7 Å². The summed E-state index contributed by atoms with van der Waals surface area (Å²) in [5, 5.41) is 8.53. The smallest absolute Gasteiger partial charge is 0.303 e. The minimum absolute atomic E-state index is 0.315. The van der Waals surface area contributed by atoms with Gasteiger partial charge in [0.2, 0.25) is 0 Å². The summed E-state index contributed by atoms with van der Waals surface area (Å²) in [6.07, 6.45) is 20.2. The Bertz CT molecular complexity index is 319. The second-order valence-electron chi connectivity index (χ2n) is 6.07. The molecule has 21 heavy (non-hydrogen) atoms. The van der Waals surface area contributed by atoms with Crippen LogP contribution in [0.3, 0.4) is 0 Å². The van der Waals surface area contributed by atoms with E-state index in [0.717, 1.165) is 32.1 Å². The number of unbranched alkanes of at least 4 members (excludes halogenated alkanes) is 8. The molecule has 1 saturated heterocycles. The zero-order valence-electron chi connectivity index (χ0n) is 13.2. The molecule has 0 saturated carbocycles. The summed E-state index contributed by atoms with van der Waals surface area (Å²) in [7, 11) is 0. The Morgan fingerprint density at radius 2 is 1.43 bits per heavy atom. The molecule has 1 heterocycles. The third kappa shape index (κ3) is 10.4. The van der Waals surface area contributed by atoms with Crippen LogP contribution >= 0.6 is 0 Å². The van der Waals surface area contributed by atoms with E-state index >= 15 is 0 Å². The van der Waals surface area contributed by atoms with Gasteiger partial charge in [0.05, 0.1) is 12.2 Å². The lowest BCUT2D eigenvalue weighted by Gasteiger charge is -1.99. The van der Waals surface area contributed by atoms with E-state index in [4.69, 9.17) is 16.3 Å². The molecule has 0 bridgehead atoms. The van der Waals surface area contributed by atoms with Gasteiger partial charge in [-0.05, 0) is 25.7 Å². The Morgan fingerprint density at radius 1 is 0.905 bits per heavy atom. The summed E-state index contributed by atoms with van der Waals surface area (Å²) in [6.45, 7) is 0. The van der Waals surface area contributed by atoms with Crippen molar-refractivity contribution in [1.82, 2.24) is 0 Å². The molecule has 2 atom stereocenters. The van der Waals surface area contributed by atoms with Crippen LogP contribution in [0, 0.1) is 12.3 Å². The number of carboxylic acids is 1. The summed E-state index contributed by atoms with van der Waals surface area (Å²) < 4.78 is 5.69. The highest BCUT2D eigenvalue weighted by Gasteiger charge is 2.36. The van der Waals surface area contributed by atoms with Crippen LogP contribution in [-0.4, -0.2) is 23.3 Å². The molecule has 0 radical (unpaired) electrons. The topological polar surface area (TPSA) is 49.8 Å². The first-order chi connectivity index (χ1) is 10.2. The van der Waals surface area contributed by atoms with Gasteiger partial charge in [0.15, 0.2) is 0 Å².